The zero-order valence-electron chi connectivity index (χ0n) is 12.2. The standard InChI is InChI=1S/C15H21NO5/c1-15(2,16-12(9-17)14(19)20)8-13(18)21-10-11-6-4-3-5-7-11/h3-7,12,16-17H,8-10H2,1-2H3,(H,19,20)/t12-/m1/s1. The molecule has 1 atom stereocenters. The number of carboxylic acid groups (broad SMARTS) is 1. The number of hydrogen-bond acceptors (Lipinski definition) is 5. The van der Waals surface area contributed by atoms with Crippen LogP contribution in [0.5, 0.6) is 0 Å². The van der Waals surface area contributed by atoms with Crippen molar-refractivity contribution in [1.82, 2.24) is 5.32 Å². The number of nitrogens with one attached hydrogen (secondary N) is 1. The predicted octanol–water partition coefficient (Wildman–Crippen LogP) is 0.934. The number of carbonyl (C=O) groups excluding carboxylic acids is 1. The molecule has 0 bridgehead atoms. The largest absolute Gasteiger partial charge is 0.480 e. The van der Waals surface area contributed by atoms with Gasteiger partial charge in [0.2, 0.25) is 0 Å². The van der Waals surface area contributed by atoms with Crippen molar-refractivity contribution in [3.05, 3.63) is 35.9 Å². The van der Waals surface area contributed by atoms with Crippen molar-refractivity contribution in [1.29, 1.82) is 0 Å². The molecule has 1 aromatic rings. The number of aliphatic hydroxyl groups excluding tert-OH is 1. The van der Waals surface area contributed by atoms with Crippen LogP contribution in [0.3, 0.4) is 0 Å². The van der Waals surface area contributed by atoms with E-state index in [1.165, 1.54) is 0 Å². The van der Waals surface area contributed by atoms with E-state index in [0.29, 0.717) is 0 Å². The van der Waals surface area contributed by atoms with Crippen molar-refractivity contribution in [2.45, 2.75) is 38.5 Å². The molecule has 6 nitrogen and oxygen atoms in total. The molecule has 1 aromatic carbocycles. The van der Waals surface area contributed by atoms with Crippen LogP contribution in [0.2, 0.25) is 0 Å². The van der Waals surface area contributed by atoms with Gasteiger partial charge in [-0.3, -0.25) is 14.9 Å². The normalized spacial score (nSPS) is 12.7. The molecule has 0 aliphatic rings. The zero-order valence-corrected chi connectivity index (χ0v) is 12.2. The van der Waals surface area contributed by atoms with Crippen molar-refractivity contribution in [2.75, 3.05) is 6.61 Å². The van der Waals surface area contributed by atoms with Gasteiger partial charge in [0.1, 0.15) is 12.6 Å². The number of carbonyl (C=O) groups is 2. The average molecular weight is 295 g/mol. The summed E-state index contributed by atoms with van der Waals surface area (Å²) < 4.78 is 5.15. The van der Waals surface area contributed by atoms with Gasteiger partial charge in [-0.25, -0.2) is 0 Å². The van der Waals surface area contributed by atoms with Gasteiger partial charge in [0, 0.05) is 5.54 Å². The molecule has 1 rings (SSSR count). The van der Waals surface area contributed by atoms with Crippen LogP contribution in [0.25, 0.3) is 0 Å². The second-order valence-corrected chi connectivity index (χ2v) is 5.42. The molecule has 0 saturated heterocycles. The van der Waals surface area contributed by atoms with Crippen LogP contribution in [0.15, 0.2) is 30.3 Å². The number of aliphatic carboxylic acids is 1. The lowest BCUT2D eigenvalue weighted by atomic mass is 9.99. The number of hydrogen-bond donors (Lipinski definition) is 3. The Morgan fingerprint density at radius 3 is 2.43 bits per heavy atom. The number of benzene rings is 1. The first kappa shape index (κ1) is 17.1. The third-order valence-corrected chi connectivity index (χ3v) is 2.87. The number of ether oxygens (including phenoxy) is 1. The topological polar surface area (TPSA) is 95.9 Å². The van der Waals surface area contributed by atoms with Crippen molar-refractivity contribution in [2.24, 2.45) is 0 Å². The van der Waals surface area contributed by atoms with Crippen molar-refractivity contribution in [3.63, 3.8) is 0 Å². The molecule has 0 aliphatic heterocycles. The lowest BCUT2D eigenvalue weighted by Gasteiger charge is -2.28. The molecular formula is C15H21NO5. The smallest absolute Gasteiger partial charge is 0.323 e. The highest BCUT2D eigenvalue weighted by Gasteiger charge is 2.28. The molecule has 3 N–H and O–H groups in total. The maximum absolute atomic E-state index is 11.8. The zero-order chi connectivity index (χ0) is 15.9. The van der Waals surface area contributed by atoms with Gasteiger partial charge in [0.15, 0.2) is 0 Å². The first-order valence-corrected chi connectivity index (χ1v) is 6.65. The summed E-state index contributed by atoms with van der Waals surface area (Å²) in [5.41, 5.74) is 0.0925. The second kappa shape index (κ2) is 7.75. The number of esters is 1. The van der Waals surface area contributed by atoms with Gasteiger partial charge in [0.25, 0.3) is 0 Å². The number of aliphatic hydroxyl groups is 1. The summed E-state index contributed by atoms with van der Waals surface area (Å²) in [5, 5.41) is 20.6. The van der Waals surface area contributed by atoms with Crippen molar-refractivity contribution >= 4 is 11.9 Å². The van der Waals surface area contributed by atoms with E-state index in [1.54, 1.807) is 13.8 Å². The fourth-order valence-corrected chi connectivity index (χ4v) is 1.86. The van der Waals surface area contributed by atoms with E-state index in [2.05, 4.69) is 5.32 Å². The van der Waals surface area contributed by atoms with Gasteiger partial charge in [0.05, 0.1) is 13.0 Å². The van der Waals surface area contributed by atoms with Crippen LogP contribution in [-0.2, 0) is 20.9 Å². The minimum absolute atomic E-state index is 0.00358. The fraction of sp³-hybridized carbons (Fsp3) is 0.467. The van der Waals surface area contributed by atoms with E-state index in [4.69, 9.17) is 14.9 Å². The van der Waals surface area contributed by atoms with E-state index >= 15 is 0 Å². The van der Waals surface area contributed by atoms with Crippen LogP contribution in [0.1, 0.15) is 25.8 Å². The summed E-state index contributed by atoms with van der Waals surface area (Å²) in [6.45, 7) is 3.00. The SMILES string of the molecule is CC(C)(CC(=O)OCc1ccccc1)N[C@H](CO)C(=O)O. The Balaban J connectivity index is 2.46. The van der Waals surface area contributed by atoms with E-state index in [9.17, 15) is 9.59 Å². The predicted molar refractivity (Wildman–Crippen MR) is 76.6 cm³/mol. The molecule has 0 amide bonds. The Hall–Kier alpha value is -1.92. The number of rotatable bonds is 8. The Bertz CT molecular complexity index is 472. The van der Waals surface area contributed by atoms with Crippen LogP contribution >= 0.6 is 0 Å². The van der Waals surface area contributed by atoms with Gasteiger partial charge in [-0.2, -0.15) is 0 Å². The Morgan fingerprint density at radius 1 is 1.29 bits per heavy atom. The van der Waals surface area contributed by atoms with Crippen LogP contribution in [0.4, 0.5) is 0 Å². The van der Waals surface area contributed by atoms with Gasteiger partial charge in [-0.1, -0.05) is 30.3 Å². The molecule has 6 heteroatoms. The highest BCUT2D eigenvalue weighted by molar-refractivity contribution is 5.74. The second-order valence-electron chi connectivity index (χ2n) is 5.42. The minimum Gasteiger partial charge on any atom is -0.480 e. The summed E-state index contributed by atoms with van der Waals surface area (Å²) in [5.74, 6) is -1.60. The molecule has 21 heavy (non-hydrogen) atoms. The van der Waals surface area contributed by atoms with Crippen LogP contribution < -0.4 is 5.32 Å². The van der Waals surface area contributed by atoms with Crippen LogP contribution in [0, 0.1) is 0 Å². The molecule has 0 saturated carbocycles. The highest BCUT2D eigenvalue weighted by atomic mass is 16.5. The number of carboxylic acids is 1. The highest BCUT2D eigenvalue weighted by Crippen LogP contribution is 2.12. The molecule has 0 spiro atoms. The Kier molecular flexibility index (Phi) is 6.33. The third kappa shape index (κ3) is 6.37. The minimum atomic E-state index is -1.16. The van der Waals surface area contributed by atoms with E-state index < -0.39 is 30.1 Å². The average Bonchev–Trinajstić information content (AvgIpc) is 2.43. The van der Waals surface area contributed by atoms with Gasteiger partial charge in [-0.05, 0) is 19.4 Å². The molecule has 0 unspecified atom stereocenters. The summed E-state index contributed by atoms with van der Waals surface area (Å²) in [6.07, 6.45) is 0.00358. The van der Waals surface area contributed by atoms with E-state index in [-0.39, 0.29) is 13.0 Å². The van der Waals surface area contributed by atoms with Gasteiger partial charge >= 0.3 is 11.9 Å². The van der Waals surface area contributed by atoms with Gasteiger partial charge in [-0.15, -0.1) is 0 Å². The Morgan fingerprint density at radius 2 is 1.90 bits per heavy atom. The maximum Gasteiger partial charge on any atom is 0.323 e. The molecule has 0 fully saturated rings. The molecule has 0 radical (unpaired) electrons. The lowest BCUT2D eigenvalue weighted by Crippen LogP contribution is -2.52. The first-order chi connectivity index (χ1) is 9.84. The monoisotopic (exact) mass is 295 g/mol. The molecule has 0 aliphatic carbocycles. The van der Waals surface area contributed by atoms with Crippen LogP contribution in [-0.4, -0.2) is 40.3 Å². The van der Waals surface area contributed by atoms with Crippen molar-refractivity contribution < 1.29 is 24.5 Å². The summed E-state index contributed by atoms with van der Waals surface area (Å²) in [7, 11) is 0. The quantitative estimate of drug-likeness (QED) is 0.618. The molecular weight excluding hydrogens is 274 g/mol. The Labute approximate surface area is 123 Å². The van der Waals surface area contributed by atoms with E-state index in [1.807, 2.05) is 30.3 Å². The first-order valence-electron chi connectivity index (χ1n) is 6.65. The third-order valence-electron chi connectivity index (χ3n) is 2.87. The lowest BCUT2D eigenvalue weighted by molar-refractivity contribution is -0.148. The molecule has 0 aromatic heterocycles. The summed E-state index contributed by atoms with van der Waals surface area (Å²) in [4.78, 5) is 22.7. The van der Waals surface area contributed by atoms with Crippen molar-refractivity contribution in [3.8, 4) is 0 Å². The van der Waals surface area contributed by atoms with E-state index in [0.717, 1.165) is 5.56 Å². The summed E-state index contributed by atoms with van der Waals surface area (Å²) >= 11 is 0. The maximum atomic E-state index is 11.8. The molecule has 116 valence electrons. The van der Waals surface area contributed by atoms with Gasteiger partial charge < -0.3 is 14.9 Å². The molecule has 0 heterocycles. The summed E-state index contributed by atoms with van der Waals surface area (Å²) in [6, 6.07) is 8.17. The fourth-order valence-electron chi connectivity index (χ4n) is 1.86.